The van der Waals surface area contributed by atoms with Crippen molar-refractivity contribution in [1.29, 1.82) is 0 Å². The Labute approximate surface area is 107 Å². The van der Waals surface area contributed by atoms with Crippen molar-refractivity contribution in [2.45, 2.75) is 30.7 Å². The molecule has 1 amide bonds. The number of rotatable bonds is 5. The summed E-state index contributed by atoms with van der Waals surface area (Å²) in [5, 5.41) is 11.9. The predicted octanol–water partition coefficient (Wildman–Crippen LogP) is 1.84. The number of benzene rings is 1. The maximum absolute atomic E-state index is 11.8. The molecule has 0 fully saturated rings. The first kappa shape index (κ1) is 14.1. The fraction of sp³-hybridized carbons (Fsp3) is 0.462. The number of hydrogen-bond donors (Lipinski definition) is 2. The van der Waals surface area contributed by atoms with E-state index in [9.17, 15) is 4.79 Å². The molecule has 1 rings (SSSR count). The highest BCUT2D eigenvalue weighted by molar-refractivity contribution is 7.98. The Morgan fingerprint density at radius 1 is 1.41 bits per heavy atom. The van der Waals surface area contributed by atoms with E-state index in [1.165, 1.54) is 0 Å². The molecular formula is C13H19NO2S. The van der Waals surface area contributed by atoms with Gasteiger partial charge in [-0.15, -0.1) is 11.8 Å². The summed E-state index contributed by atoms with van der Waals surface area (Å²) in [6.45, 7) is 3.53. The highest BCUT2D eigenvalue weighted by Gasteiger charge is 2.19. The van der Waals surface area contributed by atoms with Crippen molar-refractivity contribution in [3.05, 3.63) is 29.8 Å². The molecule has 0 spiro atoms. The van der Waals surface area contributed by atoms with Gasteiger partial charge in [0.25, 0.3) is 0 Å². The van der Waals surface area contributed by atoms with Gasteiger partial charge in [-0.1, -0.05) is 18.2 Å². The fourth-order valence-electron chi connectivity index (χ4n) is 1.48. The molecule has 3 nitrogen and oxygen atoms in total. The maximum Gasteiger partial charge on any atom is 0.224 e. The summed E-state index contributed by atoms with van der Waals surface area (Å²) in [7, 11) is 0. The van der Waals surface area contributed by atoms with Crippen LogP contribution in [0.1, 0.15) is 19.4 Å². The first-order chi connectivity index (χ1) is 7.98. The average molecular weight is 253 g/mol. The van der Waals surface area contributed by atoms with Crippen molar-refractivity contribution in [3.8, 4) is 0 Å². The summed E-state index contributed by atoms with van der Waals surface area (Å²) in [6.07, 6.45) is 2.34. The zero-order chi connectivity index (χ0) is 12.9. The van der Waals surface area contributed by atoms with Gasteiger partial charge in [0.2, 0.25) is 5.91 Å². The normalized spacial score (nSPS) is 11.3. The molecule has 4 heteroatoms. The topological polar surface area (TPSA) is 49.3 Å². The lowest BCUT2D eigenvalue weighted by molar-refractivity contribution is -0.122. The van der Waals surface area contributed by atoms with Crippen LogP contribution >= 0.6 is 11.8 Å². The fourth-order valence-corrected chi connectivity index (χ4v) is 2.10. The monoisotopic (exact) mass is 253 g/mol. The predicted molar refractivity (Wildman–Crippen MR) is 71.2 cm³/mol. The van der Waals surface area contributed by atoms with Crippen LogP contribution in [-0.2, 0) is 11.2 Å². The lowest BCUT2D eigenvalue weighted by atomic mass is 10.1. The van der Waals surface area contributed by atoms with Gasteiger partial charge in [0.05, 0.1) is 18.6 Å². The van der Waals surface area contributed by atoms with Gasteiger partial charge in [-0.2, -0.15) is 0 Å². The van der Waals surface area contributed by atoms with Gasteiger partial charge in [-0.3, -0.25) is 4.79 Å². The Morgan fingerprint density at radius 3 is 2.65 bits per heavy atom. The number of amides is 1. The van der Waals surface area contributed by atoms with Gasteiger partial charge in [0.1, 0.15) is 0 Å². The van der Waals surface area contributed by atoms with E-state index in [-0.39, 0.29) is 12.5 Å². The lowest BCUT2D eigenvalue weighted by Crippen LogP contribution is -2.46. The molecule has 0 saturated heterocycles. The number of aliphatic hydroxyl groups is 1. The zero-order valence-corrected chi connectivity index (χ0v) is 11.3. The first-order valence-electron chi connectivity index (χ1n) is 5.52. The molecule has 1 aromatic rings. The molecule has 0 radical (unpaired) electrons. The van der Waals surface area contributed by atoms with E-state index < -0.39 is 5.54 Å². The number of hydrogen-bond acceptors (Lipinski definition) is 3. The maximum atomic E-state index is 11.8. The van der Waals surface area contributed by atoms with Gasteiger partial charge >= 0.3 is 0 Å². The van der Waals surface area contributed by atoms with Crippen LogP contribution in [0.3, 0.4) is 0 Å². The number of carbonyl (C=O) groups is 1. The van der Waals surface area contributed by atoms with E-state index in [4.69, 9.17) is 5.11 Å². The highest BCUT2D eigenvalue weighted by Crippen LogP contribution is 2.20. The Bertz CT molecular complexity index is 391. The van der Waals surface area contributed by atoms with E-state index in [0.29, 0.717) is 6.42 Å². The van der Waals surface area contributed by atoms with Gasteiger partial charge in [0, 0.05) is 4.90 Å². The largest absolute Gasteiger partial charge is 0.394 e. The number of carbonyl (C=O) groups excluding carboxylic acids is 1. The molecule has 0 aromatic heterocycles. The zero-order valence-electron chi connectivity index (χ0n) is 10.5. The third-order valence-electron chi connectivity index (χ3n) is 2.42. The third kappa shape index (κ3) is 4.40. The summed E-state index contributed by atoms with van der Waals surface area (Å²) in [5.74, 6) is -0.0643. The summed E-state index contributed by atoms with van der Waals surface area (Å²) in [5.41, 5.74) is 0.456. The molecule has 94 valence electrons. The van der Waals surface area contributed by atoms with Crippen LogP contribution in [-0.4, -0.2) is 29.4 Å². The molecule has 17 heavy (non-hydrogen) atoms. The van der Waals surface area contributed by atoms with E-state index in [0.717, 1.165) is 10.5 Å². The molecule has 2 N–H and O–H groups in total. The van der Waals surface area contributed by atoms with Crippen LogP contribution < -0.4 is 5.32 Å². The van der Waals surface area contributed by atoms with Gasteiger partial charge in [-0.05, 0) is 31.7 Å². The molecule has 0 heterocycles. The smallest absolute Gasteiger partial charge is 0.224 e. The molecular weight excluding hydrogens is 234 g/mol. The second kappa shape index (κ2) is 6.07. The minimum absolute atomic E-state index is 0.0643. The van der Waals surface area contributed by atoms with Gasteiger partial charge in [-0.25, -0.2) is 0 Å². The Balaban J connectivity index is 2.68. The van der Waals surface area contributed by atoms with E-state index in [1.807, 2.05) is 30.5 Å². The second-order valence-electron chi connectivity index (χ2n) is 4.58. The van der Waals surface area contributed by atoms with Crippen LogP contribution in [0.25, 0.3) is 0 Å². The van der Waals surface area contributed by atoms with Crippen molar-refractivity contribution in [2.75, 3.05) is 12.9 Å². The van der Waals surface area contributed by atoms with Crippen LogP contribution in [0, 0.1) is 0 Å². The molecule has 0 aliphatic heterocycles. The van der Waals surface area contributed by atoms with Crippen molar-refractivity contribution >= 4 is 17.7 Å². The van der Waals surface area contributed by atoms with E-state index in [1.54, 1.807) is 25.6 Å². The van der Waals surface area contributed by atoms with Crippen molar-refractivity contribution in [3.63, 3.8) is 0 Å². The van der Waals surface area contributed by atoms with Gasteiger partial charge < -0.3 is 10.4 Å². The summed E-state index contributed by atoms with van der Waals surface area (Å²) >= 11 is 1.63. The molecule has 1 aromatic carbocycles. The SMILES string of the molecule is CSc1ccccc1CC(=O)NC(C)(C)CO. The van der Waals surface area contributed by atoms with E-state index >= 15 is 0 Å². The number of aliphatic hydroxyl groups excluding tert-OH is 1. The first-order valence-corrected chi connectivity index (χ1v) is 6.75. The lowest BCUT2D eigenvalue weighted by Gasteiger charge is -2.23. The second-order valence-corrected chi connectivity index (χ2v) is 5.43. The Kier molecular flexibility index (Phi) is 5.02. The molecule has 0 atom stereocenters. The molecule has 0 saturated carbocycles. The van der Waals surface area contributed by atoms with Crippen molar-refractivity contribution in [1.82, 2.24) is 5.32 Å². The minimum atomic E-state index is -0.564. The average Bonchev–Trinajstić information content (AvgIpc) is 2.29. The quantitative estimate of drug-likeness (QED) is 0.787. The third-order valence-corrected chi connectivity index (χ3v) is 3.25. The van der Waals surface area contributed by atoms with Crippen molar-refractivity contribution < 1.29 is 9.90 Å². The van der Waals surface area contributed by atoms with Crippen molar-refractivity contribution in [2.24, 2.45) is 0 Å². The van der Waals surface area contributed by atoms with Crippen LogP contribution in [0.15, 0.2) is 29.2 Å². The summed E-state index contributed by atoms with van der Waals surface area (Å²) in [6, 6.07) is 7.85. The standard InChI is InChI=1S/C13H19NO2S/c1-13(2,9-15)14-12(16)8-10-6-4-5-7-11(10)17-3/h4-7,15H,8-9H2,1-3H3,(H,14,16). The van der Waals surface area contributed by atoms with E-state index in [2.05, 4.69) is 5.32 Å². The Hall–Kier alpha value is -1.00. The summed E-state index contributed by atoms with van der Waals surface area (Å²) < 4.78 is 0. The molecule has 0 aliphatic carbocycles. The Morgan fingerprint density at radius 2 is 2.06 bits per heavy atom. The minimum Gasteiger partial charge on any atom is -0.394 e. The molecule has 0 bridgehead atoms. The summed E-state index contributed by atoms with van der Waals surface area (Å²) in [4.78, 5) is 12.9. The number of thioether (sulfide) groups is 1. The number of nitrogens with one attached hydrogen (secondary N) is 1. The highest BCUT2D eigenvalue weighted by atomic mass is 32.2. The molecule has 0 unspecified atom stereocenters. The van der Waals surface area contributed by atoms with Crippen LogP contribution in [0.2, 0.25) is 0 Å². The van der Waals surface area contributed by atoms with Gasteiger partial charge in [0.15, 0.2) is 0 Å². The van der Waals surface area contributed by atoms with Crippen LogP contribution in [0.5, 0.6) is 0 Å². The molecule has 0 aliphatic rings. The van der Waals surface area contributed by atoms with Crippen LogP contribution in [0.4, 0.5) is 0 Å².